The summed E-state index contributed by atoms with van der Waals surface area (Å²) in [4.78, 5) is 28.4. The molecule has 0 saturated carbocycles. The van der Waals surface area contributed by atoms with Gasteiger partial charge in [0, 0.05) is 32.0 Å². The van der Waals surface area contributed by atoms with E-state index in [1.54, 1.807) is 39.5 Å². The van der Waals surface area contributed by atoms with Crippen LogP contribution in [0.4, 0.5) is 0 Å². The molecule has 27 heavy (non-hydrogen) atoms. The van der Waals surface area contributed by atoms with E-state index in [1.807, 2.05) is 6.07 Å². The van der Waals surface area contributed by atoms with Crippen molar-refractivity contribution in [2.45, 2.75) is 6.54 Å². The smallest absolute Gasteiger partial charge is 0.270 e. The quantitative estimate of drug-likeness (QED) is 0.645. The minimum absolute atomic E-state index is 0.162. The summed E-state index contributed by atoms with van der Waals surface area (Å²) in [6.07, 6.45) is 1.43. The third kappa shape index (κ3) is 5.68. The van der Waals surface area contributed by atoms with Crippen LogP contribution < -0.4 is 20.1 Å². The van der Waals surface area contributed by atoms with E-state index >= 15 is 0 Å². The van der Waals surface area contributed by atoms with Gasteiger partial charge in [0.25, 0.3) is 11.8 Å². The third-order valence-corrected chi connectivity index (χ3v) is 3.75. The average Bonchev–Trinajstić information content (AvgIpc) is 2.71. The Kier molecular flexibility index (Phi) is 7.57. The van der Waals surface area contributed by atoms with Crippen LogP contribution in [-0.4, -0.2) is 51.3 Å². The Balaban J connectivity index is 2.00. The molecule has 2 N–H and O–H groups in total. The maximum atomic E-state index is 12.3. The predicted octanol–water partition coefficient (Wildman–Crippen LogP) is 1.40. The van der Waals surface area contributed by atoms with Gasteiger partial charge in [0.2, 0.25) is 0 Å². The van der Waals surface area contributed by atoms with Crippen molar-refractivity contribution in [1.29, 1.82) is 0 Å². The normalized spacial score (nSPS) is 10.2. The SMILES string of the molecule is COCCNC(=O)c1ccnc(C(=O)NCc2ccc(OC)c(OC)c2)c1. The zero-order valence-corrected chi connectivity index (χ0v) is 15.6. The Morgan fingerprint density at radius 3 is 2.44 bits per heavy atom. The summed E-state index contributed by atoms with van der Waals surface area (Å²) in [7, 11) is 4.66. The van der Waals surface area contributed by atoms with Gasteiger partial charge in [-0.1, -0.05) is 6.07 Å². The van der Waals surface area contributed by atoms with Gasteiger partial charge < -0.3 is 24.8 Å². The van der Waals surface area contributed by atoms with E-state index in [0.717, 1.165) is 5.56 Å². The van der Waals surface area contributed by atoms with Crippen LogP contribution in [0, 0.1) is 0 Å². The lowest BCUT2D eigenvalue weighted by Crippen LogP contribution is -2.28. The number of rotatable bonds is 9. The van der Waals surface area contributed by atoms with Crippen LogP contribution >= 0.6 is 0 Å². The third-order valence-electron chi connectivity index (χ3n) is 3.75. The van der Waals surface area contributed by atoms with E-state index in [-0.39, 0.29) is 24.1 Å². The summed E-state index contributed by atoms with van der Waals surface area (Å²) in [5, 5.41) is 5.47. The molecule has 0 radical (unpaired) electrons. The van der Waals surface area contributed by atoms with E-state index < -0.39 is 0 Å². The molecule has 0 unspecified atom stereocenters. The molecule has 8 nitrogen and oxygen atoms in total. The number of amides is 2. The standard InChI is InChI=1S/C19H23N3O5/c1-25-9-8-21-18(23)14-6-7-20-15(11-14)19(24)22-12-13-4-5-16(26-2)17(10-13)27-3/h4-7,10-11H,8-9,12H2,1-3H3,(H,21,23)(H,22,24). The van der Waals surface area contributed by atoms with Crippen LogP contribution in [-0.2, 0) is 11.3 Å². The zero-order chi connectivity index (χ0) is 19.6. The molecule has 8 heteroatoms. The molecule has 2 rings (SSSR count). The molecule has 1 heterocycles. The number of carbonyl (C=O) groups is 2. The lowest BCUT2D eigenvalue weighted by molar-refractivity contribution is 0.0937. The number of pyridine rings is 1. The van der Waals surface area contributed by atoms with Crippen molar-refractivity contribution in [2.75, 3.05) is 34.5 Å². The Morgan fingerprint density at radius 2 is 1.74 bits per heavy atom. The zero-order valence-electron chi connectivity index (χ0n) is 15.6. The average molecular weight is 373 g/mol. The number of nitrogens with one attached hydrogen (secondary N) is 2. The number of methoxy groups -OCH3 is 3. The first-order valence-electron chi connectivity index (χ1n) is 8.31. The summed E-state index contributed by atoms with van der Waals surface area (Å²) >= 11 is 0. The number of benzene rings is 1. The van der Waals surface area contributed by atoms with Gasteiger partial charge in [-0.15, -0.1) is 0 Å². The Morgan fingerprint density at radius 1 is 0.963 bits per heavy atom. The van der Waals surface area contributed by atoms with Crippen molar-refractivity contribution in [3.8, 4) is 11.5 Å². The first-order chi connectivity index (χ1) is 13.1. The Bertz CT molecular complexity index is 795. The number of ether oxygens (including phenoxy) is 3. The first kappa shape index (κ1) is 20.2. The van der Waals surface area contributed by atoms with Crippen LogP contribution in [0.1, 0.15) is 26.4 Å². The highest BCUT2D eigenvalue weighted by atomic mass is 16.5. The maximum absolute atomic E-state index is 12.3. The van der Waals surface area contributed by atoms with Gasteiger partial charge in [-0.05, 0) is 29.8 Å². The van der Waals surface area contributed by atoms with Crippen molar-refractivity contribution < 1.29 is 23.8 Å². The number of nitrogens with zero attached hydrogens (tertiary/aromatic N) is 1. The van der Waals surface area contributed by atoms with Crippen molar-refractivity contribution in [3.05, 3.63) is 53.3 Å². The van der Waals surface area contributed by atoms with Crippen molar-refractivity contribution >= 4 is 11.8 Å². The summed E-state index contributed by atoms with van der Waals surface area (Å²) in [5.74, 6) is 0.526. The van der Waals surface area contributed by atoms with Gasteiger partial charge in [-0.2, -0.15) is 0 Å². The Hall–Kier alpha value is -3.13. The van der Waals surface area contributed by atoms with E-state index in [4.69, 9.17) is 14.2 Å². The fourth-order valence-corrected chi connectivity index (χ4v) is 2.33. The first-order valence-corrected chi connectivity index (χ1v) is 8.31. The molecule has 1 aromatic carbocycles. The molecule has 0 aliphatic rings. The van der Waals surface area contributed by atoms with Crippen LogP contribution in [0.3, 0.4) is 0 Å². The van der Waals surface area contributed by atoms with Crippen molar-refractivity contribution in [1.82, 2.24) is 15.6 Å². The molecular weight excluding hydrogens is 350 g/mol. The highest BCUT2D eigenvalue weighted by Crippen LogP contribution is 2.27. The second kappa shape index (κ2) is 10.1. The second-order valence-electron chi connectivity index (χ2n) is 5.55. The lowest BCUT2D eigenvalue weighted by Gasteiger charge is -2.10. The summed E-state index contributed by atoms with van der Waals surface area (Å²) in [6, 6.07) is 8.38. The highest BCUT2D eigenvalue weighted by molar-refractivity contribution is 5.98. The molecule has 0 atom stereocenters. The molecule has 0 aliphatic carbocycles. The van der Waals surface area contributed by atoms with Crippen LogP contribution in [0.2, 0.25) is 0 Å². The van der Waals surface area contributed by atoms with Gasteiger partial charge in [0.15, 0.2) is 11.5 Å². The second-order valence-corrected chi connectivity index (χ2v) is 5.55. The molecule has 0 fully saturated rings. The molecule has 2 aromatic rings. The van der Waals surface area contributed by atoms with Gasteiger partial charge in [0.05, 0.1) is 20.8 Å². The lowest BCUT2D eigenvalue weighted by atomic mass is 10.2. The van der Waals surface area contributed by atoms with Gasteiger partial charge in [-0.25, -0.2) is 0 Å². The molecule has 1 aromatic heterocycles. The molecule has 0 spiro atoms. The summed E-state index contributed by atoms with van der Waals surface area (Å²) < 4.78 is 15.3. The molecule has 2 amide bonds. The van der Waals surface area contributed by atoms with E-state index in [2.05, 4.69) is 15.6 Å². The largest absolute Gasteiger partial charge is 0.493 e. The van der Waals surface area contributed by atoms with Gasteiger partial charge >= 0.3 is 0 Å². The Labute approximate surface area is 157 Å². The molecule has 144 valence electrons. The van der Waals surface area contributed by atoms with E-state index in [0.29, 0.717) is 30.2 Å². The number of hydrogen-bond donors (Lipinski definition) is 2. The predicted molar refractivity (Wildman–Crippen MR) is 99.2 cm³/mol. The van der Waals surface area contributed by atoms with E-state index in [1.165, 1.54) is 12.3 Å². The molecule has 0 aliphatic heterocycles. The topological polar surface area (TPSA) is 98.8 Å². The molecular formula is C19H23N3O5. The minimum atomic E-state index is -0.378. The number of aromatic nitrogens is 1. The van der Waals surface area contributed by atoms with E-state index in [9.17, 15) is 9.59 Å². The van der Waals surface area contributed by atoms with Crippen LogP contribution in [0.25, 0.3) is 0 Å². The maximum Gasteiger partial charge on any atom is 0.270 e. The van der Waals surface area contributed by atoms with Crippen LogP contribution in [0.5, 0.6) is 11.5 Å². The fourth-order valence-electron chi connectivity index (χ4n) is 2.33. The number of hydrogen-bond acceptors (Lipinski definition) is 6. The highest BCUT2D eigenvalue weighted by Gasteiger charge is 2.12. The van der Waals surface area contributed by atoms with Crippen LogP contribution in [0.15, 0.2) is 36.5 Å². The fraction of sp³-hybridized carbons (Fsp3) is 0.316. The van der Waals surface area contributed by atoms with Gasteiger partial charge in [-0.3, -0.25) is 14.6 Å². The molecule has 0 bridgehead atoms. The van der Waals surface area contributed by atoms with Crippen molar-refractivity contribution in [3.63, 3.8) is 0 Å². The summed E-state index contributed by atoms with van der Waals surface area (Å²) in [5.41, 5.74) is 1.36. The monoisotopic (exact) mass is 373 g/mol. The minimum Gasteiger partial charge on any atom is -0.493 e. The van der Waals surface area contributed by atoms with Gasteiger partial charge in [0.1, 0.15) is 5.69 Å². The van der Waals surface area contributed by atoms with Crippen molar-refractivity contribution in [2.24, 2.45) is 0 Å². The number of carbonyl (C=O) groups excluding carboxylic acids is 2. The summed E-state index contributed by atoms with van der Waals surface area (Å²) in [6.45, 7) is 1.08. The molecule has 0 saturated heterocycles.